The van der Waals surface area contributed by atoms with Crippen LogP contribution in [0.25, 0.3) is 0 Å². The highest BCUT2D eigenvalue weighted by atomic mass is 16.4. The average Bonchev–Trinajstić information content (AvgIpc) is 3.00. The quantitative estimate of drug-likeness (QED) is 0.862. The van der Waals surface area contributed by atoms with Gasteiger partial charge in [0.25, 0.3) is 5.91 Å². The lowest BCUT2D eigenvalue weighted by Gasteiger charge is -2.28. The zero-order valence-electron chi connectivity index (χ0n) is 15.2. The summed E-state index contributed by atoms with van der Waals surface area (Å²) in [5.74, 6) is -0.906. The first-order chi connectivity index (χ1) is 12.3. The normalized spacial score (nSPS) is 14.8. The number of nitrogens with one attached hydrogen (secondary N) is 1. The van der Waals surface area contributed by atoms with E-state index in [0.717, 1.165) is 11.1 Å². The van der Waals surface area contributed by atoms with Crippen molar-refractivity contribution in [2.45, 2.75) is 38.3 Å². The van der Waals surface area contributed by atoms with E-state index in [-0.39, 0.29) is 18.9 Å². The van der Waals surface area contributed by atoms with Crippen LogP contribution in [0, 0.1) is 0 Å². The van der Waals surface area contributed by atoms with Crippen molar-refractivity contribution < 1.29 is 14.7 Å². The molecule has 1 heterocycles. The highest BCUT2D eigenvalue weighted by molar-refractivity contribution is 6.02. The summed E-state index contributed by atoms with van der Waals surface area (Å²) in [5.41, 5.74) is 0.965. The number of carboxylic acids is 1. The summed E-state index contributed by atoms with van der Waals surface area (Å²) in [4.78, 5) is 31.2. The monoisotopic (exact) mass is 353 g/mol. The van der Waals surface area contributed by atoms with E-state index in [1.54, 1.807) is 18.3 Å². The molecule has 1 amide bonds. The van der Waals surface area contributed by atoms with E-state index < -0.39 is 17.4 Å². The van der Waals surface area contributed by atoms with Crippen LogP contribution in [0.1, 0.15) is 35.3 Å². The standard InChI is InChI=1S/C20H23N3O3/c1-13(2)23(3)17-16(9-6-10-21-17)18(24)22-20(19(25)26)11-14-7-4-5-8-15(14)12-20/h4-10,13H,11-12H2,1-3H3,(H,22,24)(H,25,26). The molecule has 1 aliphatic rings. The Labute approximate surface area is 152 Å². The topological polar surface area (TPSA) is 82.5 Å². The molecular formula is C20H23N3O3. The van der Waals surface area contributed by atoms with Crippen LogP contribution < -0.4 is 10.2 Å². The molecule has 0 bridgehead atoms. The third-order valence-electron chi connectivity index (χ3n) is 5.01. The van der Waals surface area contributed by atoms with Crippen molar-refractivity contribution in [3.05, 3.63) is 59.3 Å². The molecule has 0 saturated heterocycles. The number of aliphatic carboxylic acids is 1. The molecular weight excluding hydrogens is 330 g/mol. The highest BCUT2D eigenvalue weighted by Gasteiger charge is 2.45. The second-order valence-corrected chi connectivity index (χ2v) is 7.04. The van der Waals surface area contributed by atoms with Gasteiger partial charge in [0.1, 0.15) is 11.4 Å². The molecule has 0 atom stereocenters. The number of carbonyl (C=O) groups is 2. The largest absolute Gasteiger partial charge is 0.479 e. The molecule has 0 fully saturated rings. The molecule has 6 heteroatoms. The van der Waals surface area contributed by atoms with Gasteiger partial charge in [-0.2, -0.15) is 0 Å². The molecule has 0 spiro atoms. The fraction of sp³-hybridized carbons (Fsp3) is 0.350. The second kappa shape index (κ2) is 6.78. The van der Waals surface area contributed by atoms with Gasteiger partial charge in [0.15, 0.2) is 0 Å². The third kappa shape index (κ3) is 3.14. The van der Waals surface area contributed by atoms with Crippen molar-refractivity contribution in [1.82, 2.24) is 10.3 Å². The van der Waals surface area contributed by atoms with E-state index in [1.165, 1.54) is 0 Å². The number of fused-ring (bicyclic) bond motifs is 1. The summed E-state index contributed by atoms with van der Waals surface area (Å²) < 4.78 is 0. The fourth-order valence-corrected chi connectivity index (χ4v) is 3.29. The zero-order valence-corrected chi connectivity index (χ0v) is 15.2. The van der Waals surface area contributed by atoms with Gasteiger partial charge in [0.05, 0.1) is 5.56 Å². The van der Waals surface area contributed by atoms with Crippen LogP contribution in [0.5, 0.6) is 0 Å². The summed E-state index contributed by atoms with van der Waals surface area (Å²) >= 11 is 0. The van der Waals surface area contributed by atoms with Gasteiger partial charge in [-0.25, -0.2) is 9.78 Å². The number of hydrogen-bond acceptors (Lipinski definition) is 4. The van der Waals surface area contributed by atoms with Gasteiger partial charge >= 0.3 is 5.97 Å². The van der Waals surface area contributed by atoms with Crippen LogP contribution in [0.3, 0.4) is 0 Å². The first-order valence-electron chi connectivity index (χ1n) is 8.64. The SMILES string of the molecule is CC(C)N(C)c1ncccc1C(=O)NC1(C(=O)O)Cc2ccccc2C1. The van der Waals surface area contributed by atoms with Gasteiger partial charge in [0.2, 0.25) is 0 Å². The van der Waals surface area contributed by atoms with Gasteiger partial charge in [0, 0.05) is 32.1 Å². The van der Waals surface area contributed by atoms with Crippen molar-refractivity contribution in [1.29, 1.82) is 0 Å². The molecule has 136 valence electrons. The van der Waals surface area contributed by atoms with Crippen molar-refractivity contribution >= 4 is 17.7 Å². The lowest BCUT2D eigenvalue weighted by atomic mass is 9.95. The molecule has 6 nitrogen and oxygen atoms in total. The average molecular weight is 353 g/mol. The van der Waals surface area contributed by atoms with Crippen LogP contribution in [0.4, 0.5) is 5.82 Å². The highest BCUT2D eigenvalue weighted by Crippen LogP contribution is 2.31. The number of pyridine rings is 1. The minimum Gasteiger partial charge on any atom is -0.479 e. The van der Waals surface area contributed by atoms with E-state index in [0.29, 0.717) is 11.4 Å². The Hall–Kier alpha value is -2.89. The van der Waals surface area contributed by atoms with Gasteiger partial charge in [-0.15, -0.1) is 0 Å². The summed E-state index contributed by atoms with van der Waals surface area (Å²) in [7, 11) is 1.86. The number of anilines is 1. The van der Waals surface area contributed by atoms with Crippen molar-refractivity contribution in [2.75, 3.05) is 11.9 Å². The number of aromatic nitrogens is 1. The van der Waals surface area contributed by atoms with Crippen LogP contribution in [0.2, 0.25) is 0 Å². The van der Waals surface area contributed by atoms with Gasteiger partial charge in [-0.3, -0.25) is 4.79 Å². The minimum atomic E-state index is -1.33. The first-order valence-corrected chi connectivity index (χ1v) is 8.64. The molecule has 1 aromatic carbocycles. The van der Waals surface area contributed by atoms with E-state index >= 15 is 0 Å². The molecule has 2 aromatic rings. The molecule has 0 radical (unpaired) electrons. The Morgan fingerprint density at radius 1 is 1.15 bits per heavy atom. The number of carbonyl (C=O) groups excluding carboxylic acids is 1. The molecule has 3 rings (SSSR count). The predicted molar refractivity (Wildman–Crippen MR) is 99.5 cm³/mol. The summed E-state index contributed by atoms with van der Waals surface area (Å²) in [5, 5.41) is 12.6. The third-order valence-corrected chi connectivity index (χ3v) is 5.01. The second-order valence-electron chi connectivity index (χ2n) is 7.04. The van der Waals surface area contributed by atoms with Crippen LogP contribution in [-0.4, -0.2) is 40.6 Å². The van der Waals surface area contributed by atoms with E-state index in [2.05, 4.69) is 10.3 Å². The number of carboxylic acid groups (broad SMARTS) is 1. The smallest absolute Gasteiger partial charge is 0.330 e. The first kappa shape index (κ1) is 17.9. The van der Waals surface area contributed by atoms with Crippen molar-refractivity contribution in [2.24, 2.45) is 0 Å². The Balaban J connectivity index is 1.91. The summed E-state index contributed by atoms with van der Waals surface area (Å²) in [6.07, 6.45) is 2.18. The van der Waals surface area contributed by atoms with Gasteiger partial charge < -0.3 is 15.3 Å². The zero-order chi connectivity index (χ0) is 18.9. The lowest BCUT2D eigenvalue weighted by Crippen LogP contribution is -2.55. The van der Waals surface area contributed by atoms with Crippen LogP contribution >= 0.6 is 0 Å². The number of amides is 1. The fourth-order valence-electron chi connectivity index (χ4n) is 3.29. The van der Waals surface area contributed by atoms with Crippen LogP contribution in [0.15, 0.2) is 42.6 Å². The van der Waals surface area contributed by atoms with Crippen molar-refractivity contribution in [3.63, 3.8) is 0 Å². The number of benzene rings is 1. The maximum atomic E-state index is 13.0. The molecule has 0 unspecified atom stereocenters. The Morgan fingerprint density at radius 2 is 1.77 bits per heavy atom. The van der Waals surface area contributed by atoms with Gasteiger partial charge in [-0.05, 0) is 37.1 Å². The molecule has 1 aromatic heterocycles. The molecule has 26 heavy (non-hydrogen) atoms. The van der Waals surface area contributed by atoms with E-state index in [1.807, 2.05) is 50.1 Å². The Morgan fingerprint density at radius 3 is 2.31 bits per heavy atom. The number of rotatable bonds is 5. The maximum absolute atomic E-state index is 13.0. The van der Waals surface area contributed by atoms with Crippen molar-refractivity contribution in [3.8, 4) is 0 Å². The minimum absolute atomic E-state index is 0.153. The predicted octanol–water partition coefficient (Wildman–Crippen LogP) is 2.28. The Bertz CT molecular complexity index is 823. The molecule has 2 N–H and O–H groups in total. The van der Waals surface area contributed by atoms with Crippen LogP contribution in [-0.2, 0) is 17.6 Å². The van der Waals surface area contributed by atoms with Gasteiger partial charge in [-0.1, -0.05) is 24.3 Å². The Kier molecular flexibility index (Phi) is 4.68. The maximum Gasteiger partial charge on any atom is 0.330 e. The number of nitrogens with zero attached hydrogens (tertiary/aromatic N) is 2. The summed E-state index contributed by atoms with van der Waals surface area (Å²) in [6.45, 7) is 4.01. The lowest BCUT2D eigenvalue weighted by molar-refractivity contribution is -0.144. The summed E-state index contributed by atoms with van der Waals surface area (Å²) in [6, 6.07) is 11.1. The molecule has 0 aliphatic heterocycles. The molecule has 0 saturated carbocycles. The number of hydrogen-bond donors (Lipinski definition) is 2. The van der Waals surface area contributed by atoms with E-state index in [9.17, 15) is 14.7 Å². The molecule has 1 aliphatic carbocycles. The van der Waals surface area contributed by atoms with E-state index in [4.69, 9.17) is 0 Å².